The van der Waals surface area contributed by atoms with Gasteiger partial charge in [0, 0.05) is 22.8 Å². The van der Waals surface area contributed by atoms with Crippen molar-refractivity contribution in [2.45, 2.75) is 25.7 Å². The molecule has 1 aliphatic carbocycles. The number of carbonyl (C=O) groups is 2. The van der Waals surface area contributed by atoms with Gasteiger partial charge in [0.1, 0.15) is 0 Å². The van der Waals surface area contributed by atoms with Crippen molar-refractivity contribution in [2.24, 2.45) is 0 Å². The summed E-state index contributed by atoms with van der Waals surface area (Å²) >= 11 is 0. The van der Waals surface area contributed by atoms with Crippen LogP contribution in [0.4, 0.5) is 5.69 Å². The fourth-order valence-corrected chi connectivity index (χ4v) is 3.92. The Bertz CT molecular complexity index is 1140. The van der Waals surface area contributed by atoms with E-state index in [1.807, 2.05) is 24.3 Å². The molecule has 0 spiro atoms. The molecule has 1 aliphatic rings. The van der Waals surface area contributed by atoms with Crippen LogP contribution in [0.2, 0.25) is 0 Å². The maximum atomic E-state index is 13.0. The Labute approximate surface area is 180 Å². The SMILES string of the molecule is COc1ccc(NC(=O)COC(=O)c2c3c(nc4ccccc24)CCCC3)cc1OC. The first-order valence-electron chi connectivity index (χ1n) is 10.2. The van der Waals surface area contributed by atoms with Crippen molar-refractivity contribution in [3.8, 4) is 11.5 Å². The van der Waals surface area contributed by atoms with Gasteiger partial charge in [-0.1, -0.05) is 18.2 Å². The zero-order chi connectivity index (χ0) is 21.8. The molecule has 7 nitrogen and oxygen atoms in total. The fourth-order valence-electron chi connectivity index (χ4n) is 3.92. The van der Waals surface area contributed by atoms with Crippen LogP contribution in [0.1, 0.15) is 34.5 Å². The first-order valence-corrected chi connectivity index (χ1v) is 10.2. The van der Waals surface area contributed by atoms with Gasteiger partial charge in [-0.3, -0.25) is 9.78 Å². The van der Waals surface area contributed by atoms with E-state index in [1.165, 1.54) is 14.2 Å². The van der Waals surface area contributed by atoms with Crippen LogP contribution in [0, 0.1) is 0 Å². The minimum absolute atomic E-state index is 0.390. The van der Waals surface area contributed by atoms with Crippen molar-refractivity contribution in [2.75, 3.05) is 26.1 Å². The molecule has 1 aromatic heterocycles. The number of hydrogen-bond donors (Lipinski definition) is 1. The third kappa shape index (κ3) is 4.30. The number of ether oxygens (including phenoxy) is 3. The van der Waals surface area contributed by atoms with Gasteiger partial charge in [-0.25, -0.2) is 4.79 Å². The third-order valence-electron chi connectivity index (χ3n) is 5.38. The van der Waals surface area contributed by atoms with E-state index in [1.54, 1.807) is 18.2 Å². The lowest BCUT2D eigenvalue weighted by Crippen LogP contribution is -2.22. The van der Waals surface area contributed by atoms with Crippen LogP contribution in [0.25, 0.3) is 10.9 Å². The molecule has 160 valence electrons. The maximum absolute atomic E-state index is 13.0. The first-order chi connectivity index (χ1) is 15.1. The third-order valence-corrected chi connectivity index (χ3v) is 5.38. The largest absolute Gasteiger partial charge is 0.493 e. The number of hydrogen-bond acceptors (Lipinski definition) is 6. The second-order valence-corrected chi connectivity index (χ2v) is 7.33. The van der Waals surface area contributed by atoms with E-state index in [9.17, 15) is 9.59 Å². The molecular weight excluding hydrogens is 396 g/mol. The molecule has 0 radical (unpaired) electrons. The second kappa shape index (κ2) is 9.04. The van der Waals surface area contributed by atoms with Crippen LogP contribution < -0.4 is 14.8 Å². The smallest absolute Gasteiger partial charge is 0.339 e. The molecule has 0 fully saturated rings. The molecule has 7 heteroatoms. The summed E-state index contributed by atoms with van der Waals surface area (Å²) in [4.78, 5) is 30.1. The fraction of sp³-hybridized carbons (Fsp3) is 0.292. The maximum Gasteiger partial charge on any atom is 0.339 e. The predicted molar refractivity (Wildman–Crippen MR) is 117 cm³/mol. The summed E-state index contributed by atoms with van der Waals surface area (Å²) in [6.45, 7) is -0.390. The number of rotatable bonds is 6. The van der Waals surface area contributed by atoms with E-state index < -0.39 is 18.5 Å². The van der Waals surface area contributed by atoms with Gasteiger partial charge in [0.15, 0.2) is 18.1 Å². The Hall–Kier alpha value is -3.61. The molecule has 0 saturated heterocycles. The predicted octanol–water partition coefficient (Wildman–Crippen LogP) is 3.93. The number of aromatic nitrogens is 1. The number of fused-ring (bicyclic) bond motifs is 2. The number of nitrogens with zero attached hydrogens (tertiary/aromatic N) is 1. The van der Waals surface area contributed by atoms with Crippen LogP contribution in [0.15, 0.2) is 42.5 Å². The van der Waals surface area contributed by atoms with Gasteiger partial charge in [0.05, 0.1) is 25.3 Å². The quantitative estimate of drug-likeness (QED) is 0.608. The highest BCUT2D eigenvalue weighted by Gasteiger charge is 2.24. The number of amides is 1. The molecule has 1 heterocycles. The van der Waals surface area contributed by atoms with E-state index in [0.29, 0.717) is 22.7 Å². The van der Waals surface area contributed by atoms with Gasteiger partial charge in [0.25, 0.3) is 5.91 Å². The van der Waals surface area contributed by atoms with Gasteiger partial charge < -0.3 is 19.5 Å². The number of methoxy groups -OCH3 is 2. The number of aryl methyl sites for hydroxylation is 1. The van der Waals surface area contributed by atoms with Crippen molar-refractivity contribution >= 4 is 28.5 Å². The monoisotopic (exact) mass is 420 g/mol. The summed E-state index contributed by atoms with van der Waals surface area (Å²) in [5, 5.41) is 3.47. The summed E-state index contributed by atoms with van der Waals surface area (Å²) in [5.41, 5.74) is 3.71. The minimum Gasteiger partial charge on any atom is -0.493 e. The number of anilines is 1. The van der Waals surface area contributed by atoms with E-state index in [2.05, 4.69) is 5.32 Å². The molecule has 2 aromatic carbocycles. The van der Waals surface area contributed by atoms with Crippen molar-refractivity contribution in [1.29, 1.82) is 0 Å². The van der Waals surface area contributed by atoms with Gasteiger partial charge in [0.2, 0.25) is 0 Å². The molecule has 0 aliphatic heterocycles. The average Bonchev–Trinajstić information content (AvgIpc) is 2.80. The van der Waals surface area contributed by atoms with E-state index >= 15 is 0 Å². The molecule has 3 aromatic rings. The van der Waals surface area contributed by atoms with Gasteiger partial charge in [-0.15, -0.1) is 0 Å². The topological polar surface area (TPSA) is 86.8 Å². The van der Waals surface area contributed by atoms with E-state index in [4.69, 9.17) is 19.2 Å². The summed E-state index contributed by atoms with van der Waals surface area (Å²) in [6, 6.07) is 12.6. The normalized spacial score (nSPS) is 12.7. The Morgan fingerprint density at radius 3 is 2.58 bits per heavy atom. The van der Waals surface area contributed by atoms with E-state index in [0.717, 1.165) is 47.8 Å². The number of benzene rings is 2. The highest BCUT2D eigenvalue weighted by Crippen LogP contribution is 2.31. The Kier molecular flexibility index (Phi) is 6.02. The molecule has 1 N–H and O–H groups in total. The Morgan fingerprint density at radius 1 is 1.00 bits per heavy atom. The van der Waals surface area contributed by atoms with Crippen LogP contribution >= 0.6 is 0 Å². The Morgan fingerprint density at radius 2 is 1.77 bits per heavy atom. The van der Waals surface area contributed by atoms with E-state index in [-0.39, 0.29) is 0 Å². The number of pyridine rings is 1. The lowest BCUT2D eigenvalue weighted by Gasteiger charge is -2.20. The second-order valence-electron chi connectivity index (χ2n) is 7.33. The zero-order valence-electron chi connectivity index (χ0n) is 17.6. The number of carbonyl (C=O) groups excluding carboxylic acids is 2. The molecule has 0 unspecified atom stereocenters. The van der Waals surface area contributed by atoms with Crippen molar-refractivity contribution < 1.29 is 23.8 Å². The van der Waals surface area contributed by atoms with Crippen molar-refractivity contribution in [3.63, 3.8) is 0 Å². The lowest BCUT2D eigenvalue weighted by molar-refractivity contribution is -0.119. The van der Waals surface area contributed by atoms with Gasteiger partial charge in [-0.05, 0) is 49.4 Å². The van der Waals surface area contributed by atoms with Crippen LogP contribution in [-0.2, 0) is 22.4 Å². The van der Waals surface area contributed by atoms with Crippen LogP contribution in [0.5, 0.6) is 11.5 Å². The van der Waals surface area contributed by atoms with Crippen molar-refractivity contribution in [3.05, 3.63) is 59.3 Å². The lowest BCUT2D eigenvalue weighted by atomic mass is 9.90. The summed E-state index contributed by atoms with van der Waals surface area (Å²) in [5.74, 6) is 0.112. The van der Waals surface area contributed by atoms with Gasteiger partial charge >= 0.3 is 5.97 Å². The molecule has 1 amide bonds. The molecular formula is C24H24N2O5. The molecule has 0 saturated carbocycles. The summed E-state index contributed by atoms with van der Waals surface area (Å²) in [7, 11) is 3.06. The molecule has 4 rings (SSSR count). The standard InChI is InChI=1S/C24H24N2O5/c1-29-20-12-11-15(13-21(20)30-2)25-22(27)14-31-24(28)23-16-7-3-5-9-18(16)26-19-10-6-4-8-17(19)23/h3,5,7,9,11-13H,4,6,8,10,14H2,1-2H3,(H,25,27). The average molecular weight is 420 g/mol. The number of para-hydroxylation sites is 1. The number of esters is 1. The first kappa shape index (κ1) is 20.7. The highest BCUT2D eigenvalue weighted by atomic mass is 16.5. The van der Waals surface area contributed by atoms with Gasteiger partial charge in [-0.2, -0.15) is 0 Å². The summed E-state index contributed by atoms with van der Waals surface area (Å²) < 4.78 is 15.8. The molecule has 31 heavy (non-hydrogen) atoms. The van der Waals surface area contributed by atoms with Crippen LogP contribution in [0.3, 0.4) is 0 Å². The van der Waals surface area contributed by atoms with Crippen LogP contribution in [-0.4, -0.2) is 37.7 Å². The van der Waals surface area contributed by atoms with Crippen molar-refractivity contribution in [1.82, 2.24) is 4.98 Å². The molecule has 0 bridgehead atoms. The Balaban J connectivity index is 1.50. The minimum atomic E-state index is -0.501. The highest BCUT2D eigenvalue weighted by molar-refractivity contribution is 6.06. The number of nitrogens with one attached hydrogen (secondary N) is 1. The summed E-state index contributed by atoms with van der Waals surface area (Å²) in [6.07, 6.45) is 3.70. The zero-order valence-corrected chi connectivity index (χ0v) is 17.6. The molecule has 0 atom stereocenters.